The van der Waals surface area contributed by atoms with Gasteiger partial charge in [0.2, 0.25) is 5.78 Å². The van der Waals surface area contributed by atoms with Gasteiger partial charge in [0.25, 0.3) is 5.91 Å². The van der Waals surface area contributed by atoms with E-state index in [9.17, 15) is 9.59 Å². The molecule has 25 heavy (non-hydrogen) atoms. The van der Waals surface area contributed by atoms with Crippen molar-refractivity contribution in [3.05, 3.63) is 77.4 Å². The van der Waals surface area contributed by atoms with Crippen LogP contribution in [0.3, 0.4) is 0 Å². The maximum absolute atomic E-state index is 12.9. The highest BCUT2D eigenvalue weighted by Crippen LogP contribution is 2.29. The highest BCUT2D eigenvalue weighted by atomic mass is 16.5. The van der Waals surface area contributed by atoms with E-state index >= 15 is 0 Å². The number of methoxy groups -OCH3 is 1. The van der Waals surface area contributed by atoms with Crippen molar-refractivity contribution >= 4 is 23.5 Å². The summed E-state index contributed by atoms with van der Waals surface area (Å²) in [4.78, 5) is 25.3. The number of rotatable bonds is 3. The molecule has 0 aliphatic carbocycles. The Kier molecular flexibility index (Phi) is 4.86. The van der Waals surface area contributed by atoms with Crippen LogP contribution in [0, 0.1) is 0 Å². The molecule has 3 rings (SSSR count). The van der Waals surface area contributed by atoms with Gasteiger partial charge in [-0.3, -0.25) is 9.59 Å². The van der Waals surface area contributed by atoms with Crippen LogP contribution >= 0.6 is 0 Å². The predicted molar refractivity (Wildman–Crippen MR) is 95.9 cm³/mol. The standard InChI is InChI=1S/C20H18N2O3/c1-14-17(23)13-21-22(19(24)16-11-7-4-8-12-16)20(25-2)18(14)15-9-5-3-6-10-15/h3-13,20H,1-2H3. The monoisotopic (exact) mass is 334 g/mol. The Labute approximate surface area is 146 Å². The minimum atomic E-state index is -0.794. The molecule has 2 aromatic carbocycles. The molecule has 0 spiro atoms. The van der Waals surface area contributed by atoms with Crippen molar-refractivity contribution in [2.24, 2.45) is 5.10 Å². The molecule has 126 valence electrons. The number of carbonyl (C=O) groups excluding carboxylic acids is 2. The van der Waals surface area contributed by atoms with E-state index in [0.717, 1.165) is 11.8 Å². The van der Waals surface area contributed by atoms with E-state index in [1.165, 1.54) is 12.1 Å². The Balaban J connectivity index is 2.10. The summed E-state index contributed by atoms with van der Waals surface area (Å²) in [6, 6.07) is 18.2. The van der Waals surface area contributed by atoms with Crippen LogP contribution in [0.25, 0.3) is 5.57 Å². The van der Waals surface area contributed by atoms with Gasteiger partial charge in [-0.05, 0) is 24.6 Å². The fourth-order valence-corrected chi connectivity index (χ4v) is 2.78. The molecule has 0 saturated carbocycles. The third-order valence-electron chi connectivity index (χ3n) is 4.08. The number of hydrogen-bond donors (Lipinski definition) is 0. The number of benzene rings is 2. The Bertz CT molecular complexity index is 842. The molecule has 1 amide bonds. The summed E-state index contributed by atoms with van der Waals surface area (Å²) in [6.07, 6.45) is 0.371. The maximum atomic E-state index is 12.9. The first-order valence-electron chi connectivity index (χ1n) is 7.89. The summed E-state index contributed by atoms with van der Waals surface area (Å²) in [7, 11) is 1.50. The zero-order valence-electron chi connectivity index (χ0n) is 14.0. The highest BCUT2D eigenvalue weighted by molar-refractivity contribution is 6.37. The van der Waals surface area contributed by atoms with Crippen molar-refractivity contribution in [3.63, 3.8) is 0 Å². The molecule has 5 nitrogen and oxygen atoms in total. The Morgan fingerprint density at radius 2 is 1.64 bits per heavy atom. The lowest BCUT2D eigenvalue weighted by Gasteiger charge is -2.28. The Morgan fingerprint density at radius 1 is 1.04 bits per heavy atom. The third kappa shape index (κ3) is 3.27. The number of allylic oxidation sites excluding steroid dienone is 1. The molecule has 1 unspecified atom stereocenters. The van der Waals surface area contributed by atoms with Crippen LogP contribution in [0.5, 0.6) is 0 Å². The number of Topliss-reactive ketones (excluding diaryl/α,β-unsaturated/α-hetero) is 1. The van der Waals surface area contributed by atoms with Crippen molar-refractivity contribution in [1.82, 2.24) is 5.01 Å². The van der Waals surface area contributed by atoms with Gasteiger partial charge in [-0.1, -0.05) is 48.5 Å². The summed E-state index contributed by atoms with van der Waals surface area (Å²) in [5.74, 6) is -0.580. The average molecular weight is 334 g/mol. The van der Waals surface area contributed by atoms with Gasteiger partial charge >= 0.3 is 0 Å². The first-order chi connectivity index (χ1) is 12.1. The van der Waals surface area contributed by atoms with Crippen LogP contribution in [0.1, 0.15) is 22.8 Å². The smallest absolute Gasteiger partial charge is 0.276 e. The van der Waals surface area contributed by atoms with E-state index in [-0.39, 0.29) is 11.7 Å². The summed E-state index contributed by atoms with van der Waals surface area (Å²) in [5.41, 5.74) is 2.43. The lowest BCUT2D eigenvalue weighted by Crippen LogP contribution is -2.38. The molecule has 0 bridgehead atoms. The fourth-order valence-electron chi connectivity index (χ4n) is 2.78. The average Bonchev–Trinajstić information content (AvgIpc) is 2.79. The van der Waals surface area contributed by atoms with Gasteiger partial charge in [-0.15, -0.1) is 0 Å². The number of carbonyl (C=O) groups is 2. The largest absolute Gasteiger partial charge is 0.355 e. The molecule has 0 N–H and O–H groups in total. The molecule has 0 radical (unpaired) electrons. The van der Waals surface area contributed by atoms with Crippen molar-refractivity contribution in [2.45, 2.75) is 13.2 Å². The van der Waals surface area contributed by atoms with E-state index in [0.29, 0.717) is 16.7 Å². The molecule has 2 aromatic rings. The van der Waals surface area contributed by atoms with Gasteiger partial charge in [0.1, 0.15) is 0 Å². The maximum Gasteiger partial charge on any atom is 0.276 e. The highest BCUT2D eigenvalue weighted by Gasteiger charge is 2.33. The second-order valence-electron chi connectivity index (χ2n) is 5.62. The normalized spacial score (nSPS) is 17.6. The van der Waals surface area contributed by atoms with E-state index < -0.39 is 6.23 Å². The fraction of sp³-hybridized carbons (Fsp3) is 0.150. The predicted octanol–water partition coefficient (Wildman–Crippen LogP) is 3.14. The van der Waals surface area contributed by atoms with E-state index in [1.807, 2.05) is 36.4 Å². The van der Waals surface area contributed by atoms with Crippen molar-refractivity contribution < 1.29 is 14.3 Å². The number of amides is 1. The van der Waals surface area contributed by atoms with E-state index in [4.69, 9.17) is 4.74 Å². The molecular weight excluding hydrogens is 316 g/mol. The molecule has 1 heterocycles. The summed E-state index contributed by atoms with van der Waals surface area (Å²) < 4.78 is 5.59. The molecular formula is C20H18N2O3. The summed E-state index contributed by atoms with van der Waals surface area (Å²) >= 11 is 0. The lowest BCUT2D eigenvalue weighted by molar-refractivity contribution is -0.109. The van der Waals surface area contributed by atoms with Gasteiger partial charge in [-0.25, -0.2) is 0 Å². The quantitative estimate of drug-likeness (QED) is 0.866. The number of hydrazone groups is 1. The van der Waals surface area contributed by atoms with Gasteiger partial charge in [0.05, 0.1) is 6.21 Å². The first-order valence-corrected chi connectivity index (χ1v) is 7.89. The second-order valence-corrected chi connectivity index (χ2v) is 5.62. The van der Waals surface area contributed by atoms with Gasteiger partial charge in [0.15, 0.2) is 6.23 Å². The van der Waals surface area contributed by atoms with Crippen molar-refractivity contribution in [1.29, 1.82) is 0 Å². The van der Waals surface area contributed by atoms with Crippen LogP contribution in [0.15, 0.2) is 71.3 Å². The molecule has 5 heteroatoms. The zero-order valence-corrected chi connectivity index (χ0v) is 14.0. The molecule has 1 atom stereocenters. The molecule has 0 saturated heterocycles. The lowest BCUT2D eigenvalue weighted by atomic mass is 9.97. The van der Waals surface area contributed by atoms with Gasteiger partial charge < -0.3 is 4.74 Å². The van der Waals surface area contributed by atoms with Crippen molar-refractivity contribution in [2.75, 3.05) is 7.11 Å². The van der Waals surface area contributed by atoms with Gasteiger partial charge in [0, 0.05) is 23.8 Å². The number of ketones is 1. The first kappa shape index (κ1) is 16.8. The third-order valence-corrected chi connectivity index (χ3v) is 4.08. The summed E-state index contributed by atoms with van der Waals surface area (Å²) in [5, 5.41) is 5.32. The topological polar surface area (TPSA) is 59.0 Å². The Hall–Kier alpha value is -3.05. The number of nitrogens with zero attached hydrogens (tertiary/aromatic N) is 2. The number of ether oxygens (including phenoxy) is 1. The SMILES string of the molecule is COC1C(c2ccccc2)=C(C)C(=O)C=NN1C(=O)c1ccccc1. The molecule has 1 aliphatic rings. The summed E-state index contributed by atoms with van der Waals surface area (Å²) in [6.45, 7) is 1.72. The van der Waals surface area contributed by atoms with E-state index in [2.05, 4.69) is 5.10 Å². The van der Waals surface area contributed by atoms with Gasteiger partial charge in [-0.2, -0.15) is 10.1 Å². The minimum Gasteiger partial charge on any atom is -0.355 e. The van der Waals surface area contributed by atoms with Crippen LogP contribution < -0.4 is 0 Å². The number of hydrogen-bond acceptors (Lipinski definition) is 4. The molecule has 1 aliphatic heterocycles. The Morgan fingerprint density at radius 3 is 2.24 bits per heavy atom. The second kappa shape index (κ2) is 7.23. The van der Waals surface area contributed by atoms with Crippen LogP contribution in [0.2, 0.25) is 0 Å². The molecule has 0 fully saturated rings. The minimum absolute atomic E-state index is 0.246. The zero-order chi connectivity index (χ0) is 17.8. The molecule has 0 aromatic heterocycles. The van der Waals surface area contributed by atoms with E-state index in [1.54, 1.807) is 31.2 Å². The van der Waals surface area contributed by atoms with Crippen LogP contribution in [0.4, 0.5) is 0 Å². The van der Waals surface area contributed by atoms with Crippen LogP contribution in [-0.4, -0.2) is 36.3 Å². The van der Waals surface area contributed by atoms with Crippen LogP contribution in [-0.2, 0) is 9.53 Å². The van der Waals surface area contributed by atoms with Crippen molar-refractivity contribution in [3.8, 4) is 0 Å².